The summed E-state index contributed by atoms with van der Waals surface area (Å²) in [5.74, 6) is -4.03. The van der Waals surface area contributed by atoms with Gasteiger partial charge in [0.25, 0.3) is 0 Å². The maximum Gasteiger partial charge on any atom is 0.352 e. The molecule has 5 N–H and O–H groups in total. The Bertz CT molecular complexity index is 1700. The third-order valence-corrected chi connectivity index (χ3v) is 5.48. The number of nitrogens with zero attached hydrogens (tertiary/aromatic N) is 2. The molecule has 0 aliphatic carbocycles. The summed E-state index contributed by atoms with van der Waals surface area (Å²) in [6.07, 6.45) is 0.0785. The minimum absolute atomic E-state index is 0.0194. The molecule has 11 nitrogen and oxygen atoms in total. The Morgan fingerprint density at radius 2 is 1.67 bits per heavy atom. The summed E-state index contributed by atoms with van der Waals surface area (Å²) < 4.78 is 1.20. The molecular weight excluding hydrogens is 434 g/mol. The summed E-state index contributed by atoms with van der Waals surface area (Å²) in [6, 6.07) is 8.15. The van der Waals surface area contributed by atoms with Gasteiger partial charge in [-0.15, -0.1) is 0 Å². The van der Waals surface area contributed by atoms with Crippen molar-refractivity contribution in [3.63, 3.8) is 0 Å². The number of phenols is 1. The lowest BCUT2D eigenvalue weighted by Crippen LogP contribution is -2.13. The number of hydrogen-bond acceptors (Lipinski definition) is 6. The Labute approximate surface area is 182 Å². The van der Waals surface area contributed by atoms with Crippen molar-refractivity contribution in [2.24, 2.45) is 0 Å². The Balaban J connectivity index is 1.97. The van der Waals surface area contributed by atoms with Gasteiger partial charge in [-0.2, -0.15) is 0 Å². The van der Waals surface area contributed by atoms with Crippen molar-refractivity contribution in [1.82, 2.24) is 14.4 Å². The summed E-state index contributed by atoms with van der Waals surface area (Å²) in [5, 5.41) is 38.3. The number of aromatic amines is 1. The predicted molar refractivity (Wildman–Crippen MR) is 114 cm³/mol. The number of hydrogen-bond donors (Lipinski definition) is 5. The molecule has 5 rings (SSSR count). The van der Waals surface area contributed by atoms with E-state index in [1.165, 1.54) is 16.5 Å². The van der Waals surface area contributed by atoms with Crippen LogP contribution in [0.3, 0.4) is 0 Å². The van der Waals surface area contributed by atoms with Crippen LogP contribution in [0.25, 0.3) is 27.3 Å². The maximum atomic E-state index is 13.2. The Hall–Kier alpha value is -4.93. The van der Waals surface area contributed by atoms with Crippen LogP contribution in [0.15, 0.2) is 41.2 Å². The van der Waals surface area contributed by atoms with Gasteiger partial charge in [0, 0.05) is 11.8 Å². The zero-order valence-corrected chi connectivity index (χ0v) is 16.5. The van der Waals surface area contributed by atoms with Crippen LogP contribution in [0.1, 0.15) is 42.7 Å². The first-order valence-electron chi connectivity index (χ1n) is 9.51. The number of aromatic nitrogens is 3. The standard InChI is InChI=1S/C22H13N3O8/c26-9-3-1-8(2-4-9)5-14-24-17-18-15(10(20(28)29)7-13(22(32)33)25(14)18)16-11(19(17)27)6-12(23-16)21(30)31/h1-4,6-7,23,26H,5H2,(H,28,29)(H,30,31)(H,32,33). The average molecular weight is 447 g/mol. The first-order chi connectivity index (χ1) is 15.7. The average Bonchev–Trinajstić information content (AvgIpc) is 3.36. The quantitative estimate of drug-likeness (QED) is 0.269. The number of aromatic hydroxyl groups is 1. The number of aromatic carboxylic acids is 3. The van der Waals surface area contributed by atoms with E-state index in [9.17, 15) is 39.6 Å². The van der Waals surface area contributed by atoms with Crippen LogP contribution in [-0.4, -0.2) is 52.7 Å². The van der Waals surface area contributed by atoms with Gasteiger partial charge in [-0.25, -0.2) is 19.4 Å². The zero-order chi connectivity index (χ0) is 23.6. The first-order valence-corrected chi connectivity index (χ1v) is 9.51. The molecule has 0 aliphatic rings. The van der Waals surface area contributed by atoms with Crippen LogP contribution in [-0.2, 0) is 6.42 Å². The van der Waals surface area contributed by atoms with Gasteiger partial charge in [0.15, 0.2) is 0 Å². The van der Waals surface area contributed by atoms with E-state index < -0.39 is 34.6 Å². The SMILES string of the molecule is O=C(O)c1cc2c(=O)c3nc(Cc4ccc(O)cc4)n4c(C(=O)O)cc(C(=O)O)c(c2[nH]1)c34. The molecule has 0 spiro atoms. The van der Waals surface area contributed by atoms with Gasteiger partial charge in [0.2, 0.25) is 5.43 Å². The van der Waals surface area contributed by atoms with Crippen LogP contribution < -0.4 is 5.43 Å². The normalized spacial score (nSPS) is 11.5. The van der Waals surface area contributed by atoms with E-state index in [2.05, 4.69) is 9.97 Å². The van der Waals surface area contributed by atoms with Crippen molar-refractivity contribution < 1.29 is 34.8 Å². The fraction of sp³-hybridized carbons (Fsp3) is 0.0455. The molecule has 0 amide bonds. The molecule has 164 valence electrons. The monoisotopic (exact) mass is 447 g/mol. The van der Waals surface area contributed by atoms with Crippen LogP contribution in [0.5, 0.6) is 5.75 Å². The highest BCUT2D eigenvalue weighted by atomic mass is 16.4. The Morgan fingerprint density at radius 1 is 0.970 bits per heavy atom. The van der Waals surface area contributed by atoms with Crippen molar-refractivity contribution in [3.8, 4) is 5.75 Å². The van der Waals surface area contributed by atoms with Gasteiger partial charge in [-0.3, -0.25) is 9.20 Å². The number of rotatable bonds is 5. The molecule has 5 aromatic rings. The summed E-state index contributed by atoms with van der Waals surface area (Å²) in [7, 11) is 0. The van der Waals surface area contributed by atoms with Crippen molar-refractivity contribution >= 4 is 45.2 Å². The summed E-state index contributed by atoms with van der Waals surface area (Å²) >= 11 is 0. The number of imidazole rings is 1. The summed E-state index contributed by atoms with van der Waals surface area (Å²) in [4.78, 5) is 55.6. The molecular formula is C22H13N3O8. The van der Waals surface area contributed by atoms with Gasteiger partial charge in [0.1, 0.15) is 28.5 Å². The smallest absolute Gasteiger partial charge is 0.352 e. The summed E-state index contributed by atoms with van der Waals surface area (Å²) in [6.45, 7) is 0. The highest BCUT2D eigenvalue weighted by Gasteiger charge is 2.28. The number of nitrogens with one attached hydrogen (secondary N) is 1. The number of fused-ring (bicyclic) bond motifs is 2. The van der Waals surface area contributed by atoms with E-state index in [-0.39, 0.29) is 51.0 Å². The lowest BCUT2D eigenvalue weighted by atomic mass is 10.0. The second kappa shape index (κ2) is 6.79. The second-order valence-electron chi connectivity index (χ2n) is 7.44. The molecule has 0 saturated carbocycles. The molecule has 11 heteroatoms. The van der Waals surface area contributed by atoms with E-state index >= 15 is 0 Å². The topological polar surface area (TPSA) is 182 Å². The highest BCUT2D eigenvalue weighted by molar-refractivity contribution is 6.20. The van der Waals surface area contributed by atoms with Crippen molar-refractivity contribution in [3.05, 3.63) is 75.0 Å². The second-order valence-corrected chi connectivity index (χ2v) is 7.44. The molecule has 33 heavy (non-hydrogen) atoms. The first kappa shape index (κ1) is 20.0. The molecule has 0 bridgehead atoms. The van der Waals surface area contributed by atoms with E-state index in [0.717, 1.165) is 12.1 Å². The maximum absolute atomic E-state index is 13.2. The van der Waals surface area contributed by atoms with Crippen LogP contribution in [0.4, 0.5) is 0 Å². The number of phenolic OH excluding ortho intramolecular Hbond substituents is 1. The molecule has 3 heterocycles. The molecule has 0 atom stereocenters. The largest absolute Gasteiger partial charge is 0.508 e. The molecule has 3 aromatic heterocycles. The number of pyridine rings is 1. The van der Waals surface area contributed by atoms with Gasteiger partial charge < -0.3 is 25.4 Å². The van der Waals surface area contributed by atoms with Gasteiger partial charge in [-0.1, -0.05) is 12.1 Å². The van der Waals surface area contributed by atoms with E-state index in [4.69, 9.17) is 0 Å². The number of carbonyl (C=O) groups is 3. The lowest BCUT2D eigenvalue weighted by Gasteiger charge is -2.11. The zero-order valence-electron chi connectivity index (χ0n) is 16.5. The van der Waals surface area contributed by atoms with E-state index in [1.807, 2.05) is 0 Å². The summed E-state index contributed by atoms with van der Waals surface area (Å²) in [5.41, 5.74) is -1.38. The molecule has 0 saturated heterocycles. The van der Waals surface area contributed by atoms with E-state index in [0.29, 0.717) is 5.56 Å². The molecule has 0 fully saturated rings. The van der Waals surface area contributed by atoms with Crippen molar-refractivity contribution in [1.29, 1.82) is 0 Å². The predicted octanol–water partition coefficient (Wildman–Crippen LogP) is 2.16. The van der Waals surface area contributed by atoms with Gasteiger partial charge in [-0.05, 0) is 29.8 Å². The molecule has 0 unspecified atom stereocenters. The fourth-order valence-electron chi connectivity index (χ4n) is 4.08. The number of carboxylic acids is 3. The third-order valence-electron chi connectivity index (χ3n) is 5.48. The van der Waals surface area contributed by atoms with Gasteiger partial charge in [0.05, 0.1) is 22.0 Å². The van der Waals surface area contributed by atoms with Crippen LogP contribution in [0.2, 0.25) is 0 Å². The van der Waals surface area contributed by atoms with Crippen LogP contribution >= 0.6 is 0 Å². The minimum Gasteiger partial charge on any atom is -0.508 e. The molecule has 0 radical (unpaired) electrons. The number of carboxylic acid groups (broad SMARTS) is 3. The molecule has 2 aromatic carbocycles. The minimum atomic E-state index is -1.45. The molecule has 0 aliphatic heterocycles. The Morgan fingerprint density at radius 3 is 2.27 bits per heavy atom. The Kier molecular flexibility index (Phi) is 4.11. The number of benzene rings is 2. The van der Waals surface area contributed by atoms with E-state index in [1.54, 1.807) is 12.1 Å². The highest BCUT2D eigenvalue weighted by Crippen LogP contribution is 2.33. The van der Waals surface area contributed by atoms with Crippen molar-refractivity contribution in [2.45, 2.75) is 6.42 Å². The number of H-pyrrole nitrogens is 1. The van der Waals surface area contributed by atoms with Crippen molar-refractivity contribution in [2.75, 3.05) is 0 Å². The van der Waals surface area contributed by atoms with Crippen LogP contribution in [0, 0.1) is 0 Å². The van der Waals surface area contributed by atoms with Gasteiger partial charge >= 0.3 is 17.9 Å². The lowest BCUT2D eigenvalue weighted by molar-refractivity contribution is 0.0677. The fourth-order valence-corrected chi connectivity index (χ4v) is 4.08. The third kappa shape index (κ3) is 2.86.